The zero-order valence-electron chi connectivity index (χ0n) is 18.1. The van der Waals surface area contributed by atoms with Crippen molar-refractivity contribution in [2.24, 2.45) is 10.6 Å². The van der Waals surface area contributed by atoms with Crippen LogP contribution in [0.15, 0.2) is 18.3 Å². The number of benzene rings is 1. The lowest BCUT2D eigenvalue weighted by Crippen LogP contribution is -2.37. The summed E-state index contributed by atoms with van der Waals surface area (Å²) in [4.78, 5) is 0. The molecule has 1 saturated carbocycles. The molecule has 0 saturated heterocycles. The Balaban J connectivity index is 2.21. The Hall–Kier alpha value is -1.41. The van der Waals surface area contributed by atoms with E-state index >= 15 is 0 Å². The van der Waals surface area contributed by atoms with Crippen LogP contribution in [0, 0.1) is 11.2 Å². The molecule has 1 fully saturated rings. The molecule has 0 aliphatic heterocycles. The van der Waals surface area contributed by atoms with Crippen LogP contribution in [0.1, 0.15) is 76.8 Å². The first kappa shape index (κ1) is 23.3. The molecule has 3 rings (SSSR count). The van der Waals surface area contributed by atoms with Crippen LogP contribution in [0.2, 0.25) is 0 Å². The van der Waals surface area contributed by atoms with Gasteiger partial charge in [0.05, 0.1) is 21.7 Å². The monoisotopic (exact) mass is 446 g/mol. The summed E-state index contributed by atoms with van der Waals surface area (Å²) in [6, 6.07) is 2.97. The average Bonchev–Trinajstić information content (AvgIpc) is 3.34. The predicted molar refractivity (Wildman–Crippen MR) is 113 cm³/mol. The van der Waals surface area contributed by atoms with Gasteiger partial charge in [-0.2, -0.15) is 13.2 Å². The van der Waals surface area contributed by atoms with Gasteiger partial charge in [0.2, 0.25) is 0 Å². The highest BCUT2D eigenvalue weighted by Crippen LogP contribution is 2.47. The van der Waals surface area contributed by atoms with E-state index in [1.807, 2.05) is 20.8 Å². The minimum atomic E-state index is -4.58. The summed E-state index contributed by atoms with van der Waals surface area (Å²) in [6.45, 7) is 9.43. The number of aromatic nitrogens is 1. The molecule has 8 heteroatoms. The van der Waals surface area contributed by atoms with Crippen LogP contribution in [0.4, 0.5) is 17.6 Å². The predicted octanol–water partition coefficient (Wildman–Crippen LogP) is 6.14. The molecule has 3 nitrogen and oxygen atoms in total. The third-order valence-electron chi connectivity index (χ3n) is 5.70. The first-order valence-corrected chi connectivity index (χ1v) is 11.4. The summed E-state index contributed by atoms with van der Waals surface area (Å²) in [5.41, 5.74) is 1.03. The van der Waals surface area contributed by atoms with E-state index in [1.165, 1.54) is 26.1 Å². The largest absolute Gasteiger partial charge is 0.395 e. The number of halogens is 4. The van der Waals surface area contributed by atoms with Crippen LogP contribution in [-0.4, -0.2) is 19.7 Å². The van der Waals surface area contributed by atoms with Crippen molar-refractivity contribution in [1.29, 1.82) is 0 Å². The summed E-state index contributed by atoms with van der Waals surface area (Å²) < 4.78 is 69.7. The number of rotatable bonds is 6. The molecule has 168 valence electrons. The van der Waals surface area contributed by atoms with E-state index in [9.17, 15) is 21.8 Å². The maximum Gasteiger partial charge on any atom is 0.395 e. The van der Waals surface area contributed by atoms with E-state index in [0.717, 1.165) is 12.8 Å². The molecule has 0 radical (unpaired) electrons. The Morgan fingerprint density at radius 3 is 2.23 bits per heavy atom. The topological polar surface area (TPSA) is 48.0 Å². The Morgan fingerprint density at radius 2 is 1.77 bits per heavy atom. The summed E-state index contributed by atoms with van der Waals surface area (Å²) in [5.74, 6) is -2.20. The Labute approximate surface area is 177 Å². The van der Waals surface area contributed by atoms with Gasteiger partial charge in [0.25, 0.3) is 0 Å². The molecule has 1 aliphatic carbocycles. The average molecular weight is 447 g/mol. The van der Waals surface area contributed by atoms with Gasteiger partial charge in [-0.3, -0.25) is 5.14 Å². The molecule has 2 atom stereocenters. The van der Waals surface area contributed by atoms with Crippen LogP contribution in [0.5, 0.6) is 0 Å². The molecule has 0 bridgehead atoms. The maximum absolute atomic E-state index is 14.8. The van der Waals surface area contributed by atoms with Crippen LogP contribution < -0.4 is 5.14 Å². The second-order valence-corrected chi connectivity index (χ2v) is 12.0. The van der Waals surface area contributed by atoms with Crippen molar-refractivity contribution in [3.8, 4) is 0 Å². The Kier molecular flexibility index (Phi) is 5.91. The van der Waals surface area contributed by atoms with E-state index < -0.39 is 40.1 Å². The lowest BCUT2D eigenvalue weighted by molar-refractivity contribution is -0.152. The number of hydrogen-bond donors (Lipinski definition) is 1. The molecule has 2 N–H and O–H groups in total. The Bertz CT molecular complexity index is 968. The van der Waals surface area contributed by atoms with Gasteiger partial charge in [-0.05, 0) is 67.7 Å². The molecule has 0 spiro atoms. The zero-order valence-corrected chi connectivity index (χ0v) is 18.9. The van der Waals surface area contributed by atoms with Gasteiger partial charge in [-0.15, -0.1) is 0 Å². The summed E-state index contributed by atoms with van der Waals surface area (Å²) in [6.07, 6.45) is -1.73. The highest BCUT2D eigenvalue weighted by molar-refractivity contribution is 7.84. The van der Waals surface area contributed by atoms with Gasteiger partial charge in [-0.25, -0.2) is 8.60 Å². The second-order valence-electron chi connectivity index (χ2n) is 10.3. The lowest BCUT2D eigenvalue weighted by Gasteiger charge is -2.29. The van der Waals surface area contributed by atoms with Crippen molar-refractivity contribution >= 4 is 21.9 Å². The summed E-state index contributed by atoms with van der Waals surface area (Å²) >= 11 is 0. The molecule has 1 heterocycles. The zero-order chi connectivity index (χ0) is 22.6. The fraction of sp³-hybridized carbons (Fsp3) is 0.636. The number of nitrogens with zero attached hydrogens (tertiary/aromatic N) is 1. The lowest BCUT2D eigenvalue weighted by atomic mass is 9.88. The van der Waals surface area contributed by atoms with Gasteiger partial charge < -0.3 is 4.57 Å². The van der Waals surface area contributed by atoms with Gasteiger partial charge in [0.15, 0.2) is 0 Å². The molecular formula is C22H30F4N2OS. The molecule has 0 amide bonds. The van der Waals surface area contributed by atoms with Gasteiger partial charge in [0.1, 0.15) is 5.82 Å². The fourth-order valence-corrected chi connectivity index (χ4v) is 4.29. The molecule has 1 aliphatic rings. The van der Waals surface area contributed by atoms with E-state index in [1.54, 1.807) is 10.6 Å². The van der Waals surface area contributed by atoms with Crippen molar-refractivity contribution in [2.45, 2.75) is 83.2 Å². The van der Waals surface area contributed by atoms with Gasteiger partial charge in [0, 0.05) is 23.6 Å². The maximum atomic E-state index is 14.8. The third kappa shape index (κ3) is 4.90. The van der Waals surface area contributed by atoms with Crippen LogP contribution >= 0.6 is 0 Å². The van der Waals surface area contributed by atoms with Crippen molar-refractivity contribution < 1.29 is 21.8 Å². The van der Waals surface area contributed by atoms with Crippen molar-refractivity contribution in [1.82, 2.24) is 4.57 Å². The first-order chi connectivity index (χ1) is 13.6. The minimum absolute atomic E-state index is 0.0153. The van der Waals surface area contributed by atoms with E-state index in [4.69, 9.17) is 5.14 Å². The summed E-state index contributed by atoms with van der Waals surface area (Å²) in [7, 11) is -1.93. The van der Waals surface area contributed by atoms with Crippen LogP contribution in [0.3, 0.4) is 0 Å². The molecule has 1 aromatic heterocycles. The molecular weight excluding hydrogens is 416 g/mol. The van der Waals surface area contributed by atoms with Gasteiger partial charge in [-0.1, -0.05) is 20.8 Å². The number of fused-ring (bicyclic) bond motifs is 1. The smallest absolute Gasteiger partial charge is 0.347 e. The quantitative estimate of drug-likeness (QED) is 0.532. The Morgan fingerprint density at radius 1 is 1.17 bits per heavy atom. The van der Waals surface area contributed by atoms with E-state index in [0.29, 0.717) is 17.6 Å². The molecule has 2 aromatic rings. The highest BCUT2D eigenvalue weighted by Gasteiger charge is 2.46. The van der Waals surface area contributed by atoms with Crippen molar-refractivity contribution in [2.75, 3.05) is 0 Å². The molecule has 1 aromatic carbocycles. The van der Waals surface area contributed by atoms with Crippen molar-refractivity contribution in [3.63, 3.8) is 0 Å². The van der Waals surface area contributed by atoms with Crippen molar-refractivity contribution in [3.05, 3.63) is 35.3 Å². The van der Waals surface area contributed by atoms with E-state index in [2.05, 4.69) is 0 Å². The van der Waals surface area contributed by atoms with E-state index in [-0.39, 0.29) is 22.3 Å². The first-order valence-electron chi connectivity index (χ1n) is 10.2. The van der Waals surface area contributed by atoms with Crippen LogP contribution in [-0.2, 0) is 17.5 Å². The molecule has 30 heavy (non-hydrogen) atoms. The normalized spacial score (nSPS) is 18.1. The molecule has 1 unspecified atom stereocenters. The standard InChI is InChI=1S/C22H30F4N2OS/c1-20(2,3)12-28-11-16(17(22(24,25)26)10-21(4,5)30(27)29)15-8-18(23)14(9-19(15)28)13-6-7-13/h8-9,11,13,17H,6-7,10,12,27H2,1-5H3/t17-,30?/m0/s1. The third-order valence-corrected chi connectivity index (χ3v) is 6.96. The highest BCUT2D eigenvalue weighted by atomic mass is 32.2. The number of hydrogen-bond acceptors (Lipinski definition) is 1. The SMILES string of the molecule is CC(C)(C)Cn1cc([C@H](CC(C)(C)S(N)=O)C(F)(F)F)c2cc(F)c(C3CC3)cc21. The second kappa shape index (κ2) is 7.62. The number of nitrogens with two attached hydrogens (primary N) is 1. The minimum Gasteiger partial charge on any atom is -0.347 e. The summed E-state index contributed by atoms with van der Waals surface area (Å²) in [5, 5.41) is 5.73. The number of alkyl halides is 3. The van der Waals surface area contributed by atoms with Crippen LogP contribution in [0.25, 0.3) is 10.9 Å². The fourth-order valence-electron chi connectivity index (χ4n) is 3.96. The van der Waals surface area contributed by atoms with Gasteiger partial charge >= 0.3 is 6.18 Å².